The first-order chi connectivity index (χ1) is 16.0. The topological polar surface area (TPSA) is 108 Å². The van der Waals surface area contributed by atoms with Crippen LogP contribution in [0.1, 0.15) is 37.0 Å². The van der Waals surface area contributed by atoms with Gasteiger partial charge in [0.05, 0.1) is 37.1 Å². The largest absolute Gasteiger partial charge is 0.458 e. The number of carbonyl (C=O) groups excluding carboxylic acids is 2. The second-order valence-corrected chi connectivity index (χ2v) is 14.9. The Kier molecular flexibility index (Phi) is 4.86. The van der Waals surface area contributed by atoms with E-state index in [1.165, 1.54) is 6.92 Å². The number of esters is 2. The third-order valence-corrected chi connectivity index (χ3v) is 8.74. The van der Waals surface area contributed by atoms with E-state index in [0.29, 0.717) is 34.8 Å². The standard InChI is InChI=1S/C25H26N2O6Si/c1-6-25(31)18-10-20-21-16(11-27(20)23(29)17(18)12-32-24(25)30)22(34(3,4)5)15-9-14(33-13(2)28)7-8-19(15)26-21/h7-10,31H,6,11-12H2,1-5H3/t25-/m1/s1. The van der Waals surface area contributed by atoms with Crippen LogP contribution in [0.15, 0.2) is 29.1 Å². The number of aromatic nitrogens is 2. The molecule has 0 radical (unpaired) electrons. The van der Waals surface area contributed by atoms with Crippen LogP contribution in [0.4, 0.5) is 0 Å². The van der Waals surface area contributed by atoms with Gasteiger partial charge < -0.3 is 19.1 Å². The first-order valence-corrected chi connectivity index (χ1v) is 14.8. The van der Waals surface area contributed by atoms with Crippen molar-refractivity contribution >= 4 is 36.1 Å². The van der Waals surface area contributed by atoms with Crippen LogP contribution in [-0.2, 0) is 33.1 Å². The highest BCUT2D eigenvalue weighted by molar-refractivity contribution is 6.90. The van der Waals surface area contributed by atoms with Gasteiger partial charge in [0.15, 0.2) is 5.60 Å². The van der Waals surface area contributed by atoms with Crippen LogP contribution in [0.5, 0.6) is 5.75 Å². The van der Waals surface area contributed by atoms with E-state index in [1.54, 1.807) is 23.6 Å². The average Bonchev–Trinajstić information content (AvgIpc) is 3.12. The molecule has 0 spiro atoms. The van der Waals surface area contributed by atoms with Gasteiger partial charge in [-0.25, -0.2) is 9.78 Å². The number of fused-ring (bicyclic) bond motifs is 5. The lowest BCUT2D eigenvalue weighted by molar-refractivity contribution is -0.172. The van der Waals surface area contributed by atoms with Gasteiger partial charge in [-0.3, -0.25) is 9.59 Å². The van der Waals surface area contributed by atoms with Crippen molar-refractivity contribution in [1.82, 2.24) is 9.55 Å². The van der Waals surface area contributed by atoms with Gasteiger partial charge in [0.25, 0.3) is 5.56 Å². The minimum atomic E-state index is -1.98. The van der Waals surface area contributed by atoms with E-state index in [0.717, 1.165) is 21.7 Å². The summed E-state index contributed by atoms with van der Waals surface area (Å²) in [5.41, 5.74) is 1.43. The van der Waals surface area contributed by atoms with Crippen LogP contribution < -0.4 is 15.5 Å². The molecule has 2 aliphatic rings. The van der Waals surface area contributed by atoms with Crippen LogP contribution in [0, 0.1) is 0 Å². The molecule has 0 fully saturated rings. The summed E-state index contributed by atoms with van der Waals surface area (Å²) in [5, 5.41) is 13.1. The van der Waals surface area contributed by atoms with Crippen LogP contribution in [0.3, 0.4) is 0 Å². The number of carbonyl (C=O) groups is 2. The SMILES string of the molecule is CC[C@]1(O)C(=O)OCc2c1cc1n(c2=O)Cc2c-1nc1ccc(OC(C)=O)cc1c2[Si](C)(C)C. The summed E-state index contributed by atoms with van der Waals surface area (Å²) in [4.78, 5) is 42.3. The molecular weight excluding hydrogens is 452 g/mol. The maximum absolute atomic E-state index is 13.5. The zero-order valence-corrected chi connectivity index (χ0v) is 20.8. The van der Waals surface area contributed by atoms with Gasteiger partial charge in [-0.1, -0.05) is 26.6 Å². The predicted octanol–water partition coefficient (Wildman–Crippen LogP) is 2.55. The summed E-state index contributed by atoms with van der Waals surface area (Å²) in [6, 6.07) is 7.09. The quantitative estimate of drug-likeness (QED) is 0.274. The number of pyridine rings is 2. The minimum absolute atomic E-state index is 0.0960. The molecule has 0 aliphatic carbocycles. The third-order valence-electron chi connectivity index (χ3n) is 6.67. The van der Waals surface area contributed by atoms with Crippen LogP contribution in [0.25, 0.3) is 22.3 Å². The fraction of sp³-hybridized carbons (Fsp3) is 0.360. The van der Waals surface area contributed by atoms with Crippen molar-refractivity contribution in [2.45, 2.75) is 58.7 Å². The van der Waals surface area contributed by atoms with Crippen molar-refractivity contribution < 1.29 is 24.2 Å². The molecule has 0 amide bonds. The van der Waals surface area contributed by atoms with Crippen molar-refractivity contribution in [3.63, 3.8) is 0 Å². The number of cyclic esters (lactones) is 1. The molecule has 1 N–H and O–H groups in total. The molecule has 5 rings (SSSR count). The van der Waals surface area contributed by atoms with Gasteiger partial charge in [0, 0.05) is 17.9 Å². The molecule has 0 saturated heterocycles. The molecule has 176 valence electrons. The second-order valence-electron chi connectivity index (χ2n) is 9.94. The highest BCUT2D eigenvalue weighted by Crippen LogP contribution is 2.39. The molecule has 34 heavy (non-hydrogen) atoms. The molecule has 9 heteroatoms. The van der Waals surface area contributed by atoms with E-state index in [9.17, 15) is 19.5 Å². The lowest BCUT2D eigenvalue weighted by Crippen LogP contribution is -2.44. The van der Waals surface area contributed by atoms with Crippen molar-refractivity contribution in [2.75, 3.05) is 0 Å². The lowest BCUT2D eigenvalue weighted by atomic mass is 9.86. The van der Waals surface area contributed by atoms with E-state index in [-0.39, 0.29) is 18.6 Å². The molecule has 0 unspecified atom stereocenters. The molecule has 0 bridgehead atoms. The third kappa shape index (κ3) is 3.14. The Balaban J connectivity index is 1.82. The first kappa shape index (κ1) is 22.5. The molecule has 2 aliphatic heterocycles. The Morgan fingerprint density at radius 3 is 2.62 bits per heavy atom. The number of hydrogen-bond donors (Lipinski definition) is 1. The number of benzene rings is 1. The van der Waals surface area contributed by atoms with Crippen molar-refractivity contribution in [3.8, 4) is 17.1 Å². The van der Waals surface area contributed by atoms with Crippen molar-refractivity contribution in [1.29, 1.82) is 0 Å². The maximum Gasteiger partial charge on any atom is 0.343 e. The van der Waals surface area contributed by atoms with Crippen LogP contribution in [-0.4, -0.2) is 34.7 Å². The Morgan fingerprint density at radius 1 is 1.24 bits per heavy atom. The Bertz CT molecular complexity index is 1470. The number of hydrogen-bond acceptors (Lipinski definition) is 7. The van der Waals surface area contributed by atoms with Crippen molar-refractivity contribution in [2.24, 2.45) is 0 Å². The van der Waals surface area contributed by atoms with Crippen molar-refractivity contribution in [3.05, 3.63) is 51.3 Å². The number of ether oxygens (including phenoxy) is 2. The molecule has 4 heterocycles. The average molecular weight is 479 g/mol. The summed E-state index contributed by atoms with van der Waals surface area (Å²) < 4.78 is 12.1. The van der Waals surface area contributed by atoms with Gasteiger partial charge >= 0.3 is 11.9 Å². The molecule has 0 saturated carbocycles. The van der Waals surface area contributed by atoms with Gasteiger partial charge in [-0.05, 0) is 41.4 Å². The Morgan fingerprint density at radius 2 is 1.97 bits per heavy atom. The summed E-state index contributed by atoms with van der Waals surface area (Å²) >= 11 is 0. The molecule has 1 atom stereocenters. The minimum Gasteiger partial charge on any atom is -0.458 e. The Hall–Kier alpha value is -3.30. The van der Waals surface area contributed by atoms with Gasteiger partial charge in [-0.15, -0.1) is 0 Å². The summed E-state index contributed by atoms with van der Waals surface area (Å²) in [6.45, 7) is 9.90. The summed E-state index contributed by atoms with van der Waals surface area (Å²) in [5.74, 6) is -0.682. The smallest absolute Gasteiger partial charge is 0.343 e. The zero-order chi connectivity index (χ0) is 24.6. The van der Waals surface area contributed by atoms with Gasteiger partial charge in [0.2, 0.25) is 0 Å². The fourth-order valence-electron chi connectivity index (χ4n) is 5.14. The highest BCUT2D eigenvalue weighted by Gasteiger charge is 2.45. The van der Waals surface area contributed by atoms with E-state index < -0.39 is 25.6 Å². The number of rotatable bonds is 3. The van der Waals surface area contributed by atoms with Crippen LogP contribution >= 0.6 is 0 Å². The van der Waals surface area contributed by atoms with E-state index >= 15 is 0 Å². The number of nitrogens with zero attached hydrogens (tertiary/aromatic N) is 2. The van der Waals surface area contributed by atoms with Gasteiger partial charge in [0.1, 0.15) is 12.4 Å². The molecule has 2 aromatic heterocycles. The van der Waals surface area contributed by atoms with Crippen LogP contribution in [0.2, 0.25) is 19.6 Å². The van der Waals surface area contributed by atoms with E-state index in [1.807, 2.05) is 12.1 Å². The normalized spacial score (nSPS) is 18.8. The number of aliphatic hydroxyl groups is 1. The molecule has 1 aromatic carbocycles. The van der Waals surface area contributed by atoms with E-state index in [2.05, 4.69) is 19.6 Å². The first-order valence-electron chi connectivity index (χ1n) is 11.3. The van der Waals surface area contributed by atoms with Gasteiger partial charge in [-0.2, -0.15) is 0 Å². The second kappa shape index (κ2) is 7.35. The Labute approximate surface area is 197 Å². The summed E-state index contributed by atoms with van der Waals surface area (Å²) in [6.07, 6.45) is 0.0960. The molecular formula is C25H26N2O6Si. The van der Waals surface area contributed by atoms with E-state index in [4.69, 9.17) is 14.5 Å². The lowest BCUT2D eigenvalue weighted by Gasteiger charge is -2.31. The maximum atomic E-state index is 13.5. The molecule has 8 nitrogen and oxygen atoms in total. The fourth-order valence-corrected chi connectivity index (χ4v) is 7.26. The highest BCUT2D eigenvalue weighted by atomic mass is 28.3. The summed E-state index contributed by atoms with van der Waals surface area (Å²) in [7, 11) is -1.98. The monoisotopic (exact) mass is 478 g/mol. The predicted molar refractivity (Wildman–Crippen MR) is 129 cm³/mol. The zero-order valence-electron chi connectivity index (χ0n) is 19.8. The molecule has 3 aromatic rings.